The molecule has 0 N–H and O–H groups in total. The maximum atomic E-state index is 2.32. The number of hydrogen-bond acceptors (Lipinski definition) is 0. The number of hydrogen-bond donors (Lipinski definition) is 0. The Bertz CT molecular complexity index is 792. The second-order valence-electron chi connectivity index (χ2n) is 5.85. The molecule has 112 valence electrons. The van der Waals surface area contributed by atoms with E-state index in [1.807, 2.05) is 0 Å². The molecular formula is C20H23N2+. The van der Waals surface area contributed by atoms with E-state index < -0.39 is 0 Å². The van der Waals surface area contributed by atoms with Gasteiger partial charge >= 0.3 is 0 Å². The molecule has 0 fully saturated rings. The molecule has 1 aromatic heterocycles. The topological polar surface area (TPSA) is 8.81 Å². The Morgan fingerprint density at radius 1 is 0.955 bits per heavy atom. The van der Waals surface area contributed by atoms with Gasteiger partial charge in [-0.2, -0.15) is 4.57 Å². The summed E-state index contributed by atoms with van der Waals surface area (Å²) < 4.78 is 4.53. The van der Waals surface area contributed by atoms with Gasteiger partial charge in [-0.3, -0.25) is 0 Å². The van der Waals surface area contributed by atoms with Crippen LogP contribution in [0.2, 0.25) is 0 Å². The molecule has 0 atom stereocenters. The van der Waals surface area contributed by atoms with Crippen LogP contribution in [0.4, 0.5) is 0 Å². The average molecular weight is 291 g/mol. The molecule has 22 heavy (non-hydrogen) atoms. The fourth-order valence-corrected chi connectivity index (χ4v) is 3.21. The molecular weight excluding hydrogens is 268 g/mol. The van der Waals surface area contributed by atoms with Gasteiger partial charge in [-0.05, 0) is 43.0 Å². The van der Waals surface area contributed by atoms with E-state index >= 15 is 0 Å². The highest BCUT2D eigenvalue weighted by Crippen LogP contribution is 2.27. The minimum atomic E-state index is 1.04. The second kappa shape index (κ2) is 5.80. The van der Waals surface area contributed by atoms with Crippen LogP contribution in [0.1, 0.15) is 23.6 Å². The maximum absolute atomic E-state index is 2.32. The third kappa shape index (κ3) is 2.35. The first-order valence-corrected chi connectivity index (χ1v) is 7.85. The highest BCUT2D eigenvalue weighted by Gasteiger charge is 2.23. The molecule has 0 saturated carbocycles. The molecule has 0 aliphatic carbocycles. The van der Waals surface area contributed by atoms with Crippen LogP contribution in [0.3, 0.4) is 0 Å². The van der Waals surface area contributed by atoms with E-state index in [1.165, 1.54) is 33.8 Å². The largest absolute Gasteiger partial charge is 0.294 e. The van der Waals surface area contributed by atoms with Crippen molar-refractivity contribution >= 4 is 0 Å². The highest BCUT2D eigenvalue weighted by molar-refractivity contribution is 5.62. The third-order valence-corrected chi connectivity index (χ3v) is 4.32. The monoisotopic (exact) mass is 291 g/mol. The summed E-state index contributed by atoms with van der Waals surface area (Å²) in [6.07, 6.45) is 5.33. The van der Waals surface area contributed by atoms with Gasteiger partial charge in [0.1, 0.15) is 18.1 Å². The van der Waals surface area contributed by atoms with Crippen molar-refractivity contribution in [3.8, 4) is 17.1 Å². The lowest BCUT2D eigenvalue weighted by molar-refractivity contribution is -0.659. The standard InChI is InChI=1S/C20H23N2/c1-5-17-11-6-7-12-18(17)20-21(4)13-14-22(20)19-15(2)9-8-10-16(19)3/h6-14H,5H2,1-4H3/q+1. The van der Waals surface area contributed by atoms with Crippen LogP contribution in [-0.2, 0) is 13.5 Å². The zero-order valence-electron chi connectivity index (χ0n) is 13.8. The van der Waals surface area contributed by atoms with Crippen molar-refractivity contribution in [2.75, 3.05) is 0 Å². The van der Waals surface area contributed by atoms with Crippen LogP contribution in [0.5, 0.6) is 0 Å². The first-order valence-electron chi connectivity index (χ1n) is 7.85. The van der Waals surface area contributed by atoms with Crippen LogP contribution in [0.25, 0.3) is 17.1 Å². The first kappa shape index (κ1) is 14.6. The van der Waals surface area contributed by atoms with Gasteiger partial charge in [0.05, 0.1) is 12.6 Å². The fourth-order valence-electron chi connectivity index (χ4n) is 3.21. The number of rotatable bonds is 3. The zero-order valence-corrected chi connectivity index (χ0v) is 13.8. The number of benzene rings is 2. The maximum Gasteiger partial charge on any atom is 0.294 e. The molecule has 0 spiro atoms. The van der Waals surface area contributed by atoms with Crippen molar-refractivity contribution in [1.82, 2.24) is 4.57 Å². The van der Waals surface area contributed by atoms with Crippen molar-refractivity contribution in [2.45, 2.75) is 27.2 Å². The molecule has 3 rings (SSSR count). The quantitative estimate of drug-likeness (QED) is 0.641. The van der Waals surface area contributed by atoms with Gasteiger partial charge in [-0.15, -0.1) is 0 Å². The molecule has 0 bridgehead atoms. The molecule has 2 heteroatoms. The summed E-state index contributed by atoms with van der Waals surface area (Å²) >= 11 is 0. The number of para-hydroxylation sites is 1. The number of nitrogens with zero attached hydrogens (tertiary/aromatic N) is 2. The summed E-state index contributed by atoms with van der Waals surface area (Å²) in [7, 11) is 2.12. The predicted octanol–water partition coefficient (Wildman–Crippen LogP) is 4.15. The van der Waals surface area contributed by atoms with E-state index in [0.717, 1.165) is 6.42 Å². The minimum Gasteiger partial charge on any atom is -0.232 e. The molecule has 2 nitrogen and oxygen atoms in total. The van der Waals surface area contributed by atoms with Gasteiger partial charge in [0.25, 0.3) is 5.82 Å². The Hall–Kier alpha value is -2.35. The van der Waals surface area contributed by atoms with E-state index in [9.17, 15) is 0 Å². The Labute approximate surface area is 132 Å². The lowest BCUT2D eigenvalue weighted by Crippen LogP contribution is -2.29. The van der Waals surface area contributed by atoms with E-state index in [-0.39, 0.29) is 0 Å². The normalized spacial score (nSPS) is 10.9. The van der Waals surface area contributed by atoms with Gasteiger partial charge in [-0.1, -0.05) is 43.3 Å². The van der Waals surface area contributed by atoms with E-state index in [1.54, 1.807) is 0 Å². The van der Waals surface area contributed by atoms with Gasteiger partial charge < -0.3 is 0 Å². The summed E-state index contributed by atoms with van der Waals surface area (Å²) in [5.74, 6) is 1.23. The lowest BCUT2D eigenvalue weighted by Gasteiger charge is -2.10. The van der Waals surface area contributed by atoms with Crippen LogP contribution in [-0.4, -0.2) is 4.57 Å². The van der Waals surface area contributed by atoms with Crippen molar-refractivity contribution < 1.29 is 4.57 Å². The minimum absolute atomic E-state index is 1.04. The lowest BCUT2D eigenvalue weighted by atomic mass is 10.0. The fraction of sp³-hybridized carbons (Fsp3) is 0.250. The van der Waals surface area contributed by atoms with Gasteiger partial charge in [0.2, 0.25) is 0 Å². The van der Waals surface area contributed by atoms with Crippen LogP contribution in [0, 0.1) is 13.8 Å². The first-order chi connectivity index (χ1) is 10.6. The molecule has 3 aromatic rings. The van der Waals surface area contributed by atoms with E-state index in [2.05, 4.69) is 91.8 Å². The molecule has 0 saturated heterocycles. The Morgan fingerprint density at radius 2 is 1.64 bits per heavy atom. The number of imidazole rings is 1. The van der Waals surface area contributed by atoms with Gasteiger partial charge in [-0.25, -0.2) is 4.57 Å². The summed E-state index contributed by atoms with van der Waals surface area (Å²) in [6, 6.07) is 15.2. The zero-order chi connectivity index (χ0) is 15.7. The number of aryl methyl sites for hydroxylation is 4. The molecule has 0 aliphatic heterocycles. The second-order valence-corrected chi connectivity index (χ2v) is 5.85. The van der Waals surface area contributed by atoms with E-state index in [0.29, 0.717) is 0 Å². The molecule has 0 radical (unpaired) electrons. The van der Waals surface area contributed by atoms with Crippen LogP contribution < -0.4 is 4.57 Å². The average Bonchev–Trinajstić information content (AvgIpc) is 2.88. The Kier molecular flexibility index (Phi) is 3.84. The smallest absolute Gasteiger partial charge is 0.232 e. The summed E-state index contributed by atoms with van der Waals surface area (Å²) in [4.78, 5) is 0. The molecule has 0 unspecified atom stereocenters. The van der Waals surface area contributed by atoms with Crippen LogP contribution in [0.15, 0.2) is 54.9 Å². The highest BCUT2D eigenvalue weighted by atomic mass is 15.1. The Morgan fingerprint density at radius 3 is 2.32 bits per heavy atom. The molecule has 1 heterocycles. The summed E-state index contributed by atoms with van der Waals surface area (Å²) in [5, 5.41) is 0. The number of aromatic nitrogens is 2. The predicted molar refractivity (Wildman–Crippen MR) is 91.2 cm³/mol. The summed E-state index contributed by atoms with van der Waals surface area (Å²) in [6.45, 7) is 6.57. The van der Waals surface area contributed by atoms with Gasteiger partial charge in [0.15, 0.2) is 0 Å². The van der Waals surface area contributed by atoms with Crippen molar-refractivity contribution in [3.63, 3.8) is 0 Å². The van der Waals surface area contributed by atoms with E-state index in [4.69, 9.17) is 0 Å². The molecule has 2 aromatic carbocycles. The van der Waals surface area contributed by atoms with Crippen molar-refractivity contribution in [2.24, 2.45) is 7.05 Å². The Balaban J connectivity index is 2.30. The van der Waals surface area contributed by atoms with Gasteiger partial charge in [0, 0.05) is 0 Å². The molecule has 0 amide bonds. The van der Waals surface area contributed by atoms with Crippen LogP contribution >= 0.6 is 0 Å². The third-order valence-electron chi connectivity index (χ3n) is 4.32. The van der Waals surface area contributed by atoms with Crippen molar-refractivity contribution in [3.05, 3.63) is 71.5 Å². The summed E-state index contributed by atoms with van der Waals surface area (Å²) in [5.41, 5.74) is 6.56. The SMILES string of the molecule is CCc1ccccc1-c1n(-c2c(C)cccc2C)cc[n+]1C. The molecule has 0 aliphatic rings. The van der Waals surface area contributed by atoms with Crippen molar-refractivity contribution in [1.29, 1.82) is 0 Å².